The maximum absolute atomic E-state index is 11.8. The summed E-state index contributed by atoms with van der Waals surface area (Å²) in [7, 11) is 1.47. The van der Waals surface area contributed by atoms with Crippen LogP contribution in [0.2, 0.25) is 5.02 Å². The van der Waals surface area contributed by atoms with E-state index >= 15 is 0 Å². The predicted octanol–water partition coefficient (Wildman–Crippen LogP) is 3.92. The Bertz CT molecular complexity index is 742. The van der Waals surface area contributed by atoms with Gasteiger partial charge >= 0.3 is 5.97 Å². The molecule has 0 aliphatic carbocycles. The lowest BCUT2D eigenvalue weighted by atomic mass is 10.1. The second-order valence-corrected chi connectivity index (χ2v) is 5.27. The Kier molecular flexibility index (Phi) is 6.21. The van der Waals surface area contributed by atoms with Crippen molar-refractivity contribution >= 4 is 23.9 Å². The molecule has 0 atom stereocenters. The van der Waals surface area contributed by atoms with Gasteiger partial charge in [-0.3, -0.25) is 4.79 Å². The second kappa shape index (κ2) is 8.36. The quantitative estimate of drug-likeness (QED) is 0.560. The lowest BCUT2D eigenvalue weighted by molar-refractivity contribution is 0.0526. The second-order valence-electron chi connectivity index (χ2n) is 4.86. The van der Waals surface area contributed by atoms with Crippen molar-refractivity contribution in [3.8, 4) is 11.5 Å². The van der Waals surface area contributed by atoms with Crippen molar-refractivity contribution in [3.05, 3.63) is 58.1 Å². The number of rotatable bonds is 7. The first-order valence-electron chi connectivity index (χ1n) is 7.30. The smallest absolute Gasteiger partial charge is 0.338 e. The molecule has 0 aliphatic rings. The molecule has 24 heavy (non-hydrogen) atoms. The fourth-order valence-electron chi connectivity index (χ4n) is 2.11. The van der Waals surface area contributed by atoms with Crippen molar-refractivity contribution in [3.63, 3.8) is 0 Å². The highest BCUT2D eigenvalue weighted by molar-refractivity contribution is 6.32. The van der Waals surface area contributed by atoms with Crippen molar-refractivity contribution in [1.82, 2.24) is 0 Å². The standard InChI is InChI=1S/C18H17ClO5/c1-3-23-18(21)14-6-4-5-12(7-14)11-24-17-15(19)8-13(10-20)9-16(17)22-2/h4-10H,3,11H2,1-2H3. The summed E-state index contributed by atoms with van der Waals surface area (Å²) in [6, 6.07) is 9.99. The maximum Gasteiger partial charge on any atom is 0.338 e. The minimum absolute atomic E-state index is 0.184. The van der Waals surface area contributed by atoms with E-state index in [0.29, 0.717) is 35.5 Å². The van der Waals surface area contributed by atoms with Crippen LogP contribution in [-0.2, 0) is 11.3 Å². The lowest BCUT2D eigenvalue weighted by Crippen LogP contribution is -2.06. The van der Waals surface area contributed by atoms with Gasteiger partial charge in [-0.05, 0) is 36.8 Å². The van der Waals surface area contributed by atoms with Crippen molar-refractivity contribution in [1.29, 1.82) is 0 Å². The molecule has 0 amide bonds. The van der Waals surface area contributed by atoms with E-state index in [0.717, 1.165) is 5.56 Å². The van der Waals surface area contributed by atoms with Crippen LogP contribution < -0.4 is 9.47 Å². The van der Waals surface area contributed by atoms with E-state index in [1.165, 1.54) is 13.2 Å². The van der Waals surface area contributed by atoms with Gasteiger partial charge in [0.2, 0.25) is 0 Å². The Morgan fingerprint density at radius 3 is 2.71 bits per heavy atom. The lowest BCUT2D eigenvalue weighted by Gasteiger charge is -2.13. The van der Waals surface area contributed by atoms with Gasteiger partial charge in [-0.1, -0.05) is 23.7 Å². The van der Waals surface area contributed by atoms with E-state index in [4.69, 9.17) is 25.8 Å². The summed E-state index contributed by atoms with van der Waals surface area (Å²) in [5.74, 6) is 0.322. The number of carbonyl (C=O) groups excluding carboxylic acids is 2. The van der Waals surface area contributed by atoms with E-state index in [-0.39, 0.29) is 17.6 Å². The van der Waals surface area contributed by atoms with Gasteiger partial charge in [0.05, 0.1) is 24.3 Å². The van der Waals surface area contributed by atoms with Gasteiger partial charge in [0.1, 0.15) is 12.9 Å². The maximum atomic E-state index is 11.8. The zero-order chi connectivity index (χ0) is 17.5. The van der Waals surface area contributed by atoms with Crippen LogP contribution in [0.4, 0.5) is 0 Å². The van der Waals surface area contributed by atoms with Gasteiger partial charge in [0.15, 0.2) is 11.5 Å². The molecule has 5 nitrogen and oxygen atoms in total. The number of benzene rings is 2. The number of aldehydes is 1. The molecule has 0 bridgehead atoms. The molecule has 0 fully saturated rings. The molecule has 2 aromatic rings. The van der Waals surface area contributed by atoms with Gasteiger partial charge in [-0.25, -0.2) is 4.79 Å². The molecule has 0 saturated heterocycles. The minimum Gasteiger partial charge on any atom is -0.493 e. The summed E-state index contributed by atoms with van der Waals surface area (Å²) >= 11 is 6.14. The number of methoxy groups -OCH3 is 1. The number of ether oxygens (including phenoxy) is 3. The van der Waals surface area contributed by atoms with Crippen LogP contribution in [0.15, 0.2) is 36.4 Å². The third-order valence-corrected chi connectivity index (χ3v) is 3.49. The SMILES string of the molecule is CCOC(=O)c1cccc(COc2c(Cl)cc(C=O)cc2OC)c1. The highest BCUT2D eigenvalue weighted by atomic mass is 35.5. The highest BCUT2D eigenvalue weighted by Crippen LogP contribution is 2.36. The highest BCUT2D eigenvalue weighted by Gasteiger charge is 2.13. The van der Waals surface area contributed by atoms with Crippen LogP contribution >= 0.6 is 11.6 Å². The molecule has 0 unspecified atom stereocenters. The van der Waals surface area contributed by atoms with Crippen LogP contribution in [0.3, 0.4) is 0 Å². The molecule has 0 aliphatic heterocycles. The van der Waals surface area contributed by atoms with Crippen molar-refractivity contribution < 1.29 is 23.8 Å². The summed E-state index contributed by atoms with van der Waals surface area (Å²) in [5.41, 5.74) is 1.62. The monoisotopic (exact) mass is 348 g/mol. The number of carbonyl (C=O) groups is 2. The fraction of sp³-hybridized carbons (Fsp3) is 0.222. The first-order valence-corrected chi connectivity index (χ1v) is 7.68. The molecule has 0 radical (unpaired) electrons. The molecule has 2 rings (SSSR count). The van der Waals surface area contributed by atoms with E-state index in [1.54, 1.807) is 31.2 Å². The number of halogens is 1. The van der Waals surface area contributed by atoms with Crippen LogP contribution in [0.5, 0.6) is 11.5 Å². The van der Waals surface area contributed by atoms with Gasteiger partial charge in [-0.15, -0.1) is 0 Å². The van der Waals surface area contributed by atoms with Crippen molar-refractivity contribution in [2.24, 2.45) is 0 Å². The summed E-state index contributed by atoms with van der Waals surface area (Å²) in [5, 5.41) is 0.276. The number of hydrogen-bond donors (Lipinski definition) is 0. The molecule has 0 heterocycles. The summed E-state index contributed by atoms with van der Waals surface area (Å²) < 4.78 is 15.9. The van der Waals surface area contributed by atoms with Gasteiger partial charge in [0, 0.05) is 5.56 Å². The van der Waals surface area contributed by atoms with E-state index in [2.05, 4.69) is 0 Å². The topological polar surface area (TPSA) is 61.8 Å². The zero-order valence-electron chi connectivity index (χ0n) is 13.4. The van der Waals surface area contributed by atoms with Crippen LogP contribution in [0.1, 0.15) is 33.2 Å². The molecule has 2 aromatic carbocycles. The third-order valence-electron chi connectivity index (χ3n) is 3.21. The van der Waals surface area contributed by atoms with Gasteiger partial charge < -0.3 is 14.2 Å². The van der Waals surface area contributed by atoms with Gasteiger partial charge in [0.25, 0.3) is 0 Å². The zero-order valence-corrected chi connectivity index (χ0v) is 14.1. The molecule has 6 heteroatoms. The van der Waals surface area contributed by atoms with Crippen molar-refractivity contribution in [2.45, 2.75) is 13.5 Å². The normalized spacial score (nSPS) is 10.1. The Morgan fingerprint density at radius 2 is 2.04 bits per heavy atom. The number of esters is 1. The Morgan fingerprint density at radius 1 is 1.25 bits per heavy atom. The first-order chi connectivity index (χ1) is 11.6. The average molecular weight is 349 g/mol. The molecule has 0 aromatic heterocycles. The predicted molar refractivity (Wildman–Crippen MR) is 90.1 cm³/mol. The summed E-state index contributed by atoms with van der Waals surface area (Å²) in [4.78, 5) is 22.6. The average Bonchev–Trinajstić information content (AvgIpc) is 2.60. The van der Waals surface area contributed by atoms with Crippen LogP contribution in [-0.4, -0.2) is 26.0 Å². The Hall–Kier alpha value is -2.53. The third kappa shape index (κ3) is 4.26. The molecular weight excluding hydrogens is 332 g/mol. The Balaban J connectivity index is 2.18. The van der Waals surface area contributed by atoms with Crippen LogP contribution in [0, 0.1) is 0 Å². The molecular formula is C18H17ClO5. The fourth-order valence-corrected chi connectivity index (χ4v) is 2.38. The first kappa shape index (κ1) is 17.8. The van der Waals surface area contributed by atoms with Gasteiger partial charge in [-0.2, -0.15) is 0 Å². The van der Waals surface area contributed by atoms with Crippen LogP contribution in [0.25, 0.3) is 0 Å². The molecule has 0 spiro atoms. The summed E-state index contributed by atoms with van der Waals surface area (Å²) in [6.07, 6.45) is 0.682. The summed E-state index contributed by atoms with van der Waals surface area (Å²) in [6.45, 7) is 2.25. The molecule has 126 valence electrons. The van der Waals surface area contributed by atoms with E-state index < -0.39 is 0 Å². The minimum atomic E-state index is -0.384. The Labute approximate surface area is 145 Å². The largest absolute Gasteiger partial charge is 0.493 e. The van der Waals surface area contributed by atoms with Crippen molar-refractivity contribution in [2.75, 3.05) is 13.7 Å². The molecule has 0 saturated carbocycles. The van der Waals surface area contributed by atoms with E-state index in [9.17, 15) is 9.59 Å². The number of hydrogen-bond acceptors (Lipinski definition) is 5. The molecule has 0 N–H and O–H groups in total. The van der Waals surface area contributed by atoms with E-state index in [1.807, 2.05) is 6.07 Å².